The molecule has 0 unspecified atom stereocenters. The van der Waals surface area contributed by atoms with E-state index in [4.69, 9.17) is 4.74 Å². The Morgan fingerprint density at radius 2 is 1.62 bits per heavy atom. The smallest absolute Gasteiger partial charge is 0.264 e. The SMILES string of the molecule is Cc1ccc(S(=O)(=O)N(CC(=O)NCCOc2ccccc2C)c2ccccc2F)cc1. The van der Waals surface area contributed by atoms with Crippen LogP contribution in [-0.4, -0.2) is 34.0 Å². The highest BCUT2D eigenvalue weighted by Crippen LogP contribution is 2.26. The molecule has 0 saturated heterocycles. The highest BCUT2D eigenvalue weighted by atomic mass is 32.2. The van der Waals surface area contributed by atoms with Crippen molar-refractivity contribution in [2.75, 3.05) is 24.0 Å². The third kappa shape index (κ3) is 5.64. The first kappa shape index (κ1) is 23.3. The van der Waals surface area contributed by atoms with Gasteiger partial charge in [-0.15, -0.1) is 0 Å². The van der Waals surface area contributed by atoms with Crippen molar-refractivity contribution in [2.45, 2.75) is 18.7 Å². The second-order valence-corrected chi connectivity index (χ2v) is 9.10. The molecule has 32 heavy (non-hydrogen) atoms. The molecule has 3 aromatic rings. The number of amides is 1. The Labute approximate surface area is 187 Å². The van der Waals surface area contributed by atoms with E-state index in [2.05, 4.69) is 5.32 Å². The average molecular weight is 457 g/mol. The van der Waals surface area contributed by atoms with Crippen LogP contribution in [0.2, 0.25) is 0 Å². The molecule has 1 amide bonds. The number of halogens is 1. The highest BCUT2D eigenvalue weighted by molar-refractivity contribution is 7.92. The molecule has 0 radical (unpaired) electrons. The predicted octanol–water partition coefficient (Wildman–Crippen LogP) is 3.83. The van der Waals surface area contributed by atoms with Crippen LogP contribution in [0, 0.1) is 19.7 Å². The minimum absolute atomic E-state index is 0.0259. The number of benzene rings is 3. The topological polar surface area (TPSA) is 75.7 Å². The zero-order valence-electron chi connectivity index (χ0n) is 17.9. The summed E-state index contributed by atoms with van der Waals surface area (Å²) < 4.78 is 47.4. The largest absolute Gasteiger partial charge is 0.491 e. The van der Waals surface area contributed by atoms with Crippen LogP contribution in [0.5, 0.6) is 5.75 Å². The van der Waals surface area contributed by atoms with Crippen molar-refractivity contribution in [1.29, 1.82) is 0 Å². The van der Waals surface area contributed by atoms with E-state index in [1.165, 1.54) is 30.3 Å². The van der Waals surface area contributed by atoms with Crippen LogP contribution in [0.4, 0.5) is 10.1 Å². The van der Waals surface area contributed by atoms with Crippen LogP contribution >= 0.6 is 0 Å². The van der Waals surface area contributed by atoms with E-state index in [1.54, 1.807) is 12.1 Å². The van der Waals surface area contributed by atoms with Crippen molar-refractivity contribution >= 4 is 21.6 Å². The van der Waals surface area contributed by atoms with E-state index in [1.807, 2.05) is 38.1 Å². The zero-order valence-corrected chi connectivity index (χ0v) is 18.7. The molecule has 1 N–H and O–H groups in total. The van der Waals surface area contributed by atoms with E-state index < -0.39 is 28.3 Å². The van der Waals surface area contributed by atoms with Crippen molar-refractivity contribution in [3.8, 4) is 5.75 Å². The Balaban J connectivity index is 1.73. The monoisotopic (exact) mass is 456 g/mol. The summed E-state index contributed by atoms with van der Waals surface area (Å²) in [5.74, 6) is -0.604. The molecule has 0 heterocycles. The number of sulfonamides is 1. The summed E-state index contributed by atoms with van der Waals surface area (Å²) in [6.45, 7) is 3.55. The number of aryl methyl sites for hydroxylation is 2. The Hall–Kier alpha value is -3.39. The molecule has 0 saturated carbocycles. The molecule has 0 fully saturated rings. The van der Waals surface area contributed by atoms with E-state index in [-0.39, 0.29) is 23.7 Å². The van der Waals surface area contributed by atoms with Crippen molar-refractivity contribution < 1.29 is 22.3 Å². The van der Waals surface area contributed by atoms with Crippen LogP contribution < -0.4 is 14.4 Å². The van der Waals surface area contributed by atoms with Crippen LogP contribution in [-0.2, 0) is 14.8 Å². The maximum Gasteiger partial charge on any atom is 0.264 e. The van der Waals surface area contributed by atoms with E-state index in [9.17, 15) is 17.6 Å². The van der Waals surface area contributed by atoms with Gasteiger partial charge < -0.3 is 10.1 Å². The zero-order chi connectivity index (χ0) is 23.1. The predicted molar refractivity (Wildman–Crippen MR) is 122 cm³/mol. The van der Waals surface area contributed by atoms with Gasteiger partial charge >= 0.3 is 0 Å². The fourth-order valence-electron chi connectivity index (χ4n) is 3.05. The van der Waals surface area contributed by atoms with Gasteiger partial charge in [0.05, 0.1) is 17.1 Å². The molecule has 0 atom stereocenters. The van der Waals surface area contributed by atoms with Gasteiger partial charge in [-0.05, 0) is 49.7 Å². The third-order valence-corrected chi connectivity index (χ3v) is 6.57. The van der Waals surface area contributed by atoms with E-state index in [0.717, 1.165) is 21.5 Å². The molecule has 3 rings (SSSR count). The van der Waals surface area contributed by atoms with Crippen molar-refractivity contribution in [2.24, 2.45) is 0 Å². The Morgan fingerprint density at radius 3 is 2.31 bits per heavy atom. The number of anilines is 1. The molecule has 0 spiro atoms. The number of hydrogen-bond donors (Lipinski definition) is 1. The maximum atomic E-state index is 14.5. The highest BCUT2D eigenvalue weighted by Gasteiger charge is 2.29. The van der Waals surface area contributed by atoms with Gasteiger partial charge in [-0.3, -0.25) is 9.10 Å². The molecule has 0 bridgehead atoms. The molecule has 8 heteroatoms. The summed E-state index contributed by atoms with van der Waals surface area (Å²) in [7, 11) is -4.17. The van der Waals surface area contributed by atoms with Gasteiger partial charge in [0.25, 0.3) is 10.0 Å². The number of ether oxygens (including phenoxy) is 1. The second-order valence-electron chi connectivity index (χ2n) is 7.24. The average Bonchev–Trinajstić information content (AvgIpc) is 2.77. The van der Waals surface area contributed by atoms with Gasteiger partial charge in [-0.1, -0.05) is 48.0 Å². The summed E-state index contributed by atoms with van der Waals surface area (Å²) in [5.41, 5.74) is 1.65. The standard InChI is InChI=1S/C24H25FN2O4S/c1-18-11-13-20(14-12-18)32(29,30)27(22-9-5-4-8-21(22)25)17-24(28)26-15-16-31-23-10-6-3-7-19(23)2/h3-14H,15-17H2,1-2H3,(H,26,28). The molecule has 0 aromatic heterocycles. The lowest BCUT2D eigenvalue weighted by atomic mass is 10.2. The van der Waals surface area contributed by atoms with Gasteiger partial charge in [0.15, 0.2) is 0 Å². The quantitative estimate of drug-likeness (QED) is 0.497. The minimum atomic E-state index is -4.17. The lowest BCUT2D eigenvalue weighted by Crippen LogP contribution is -2.42. The van der Waals surface area contributed by atoms with E-state index >= 15 is 0 Å². The first-order valence-electron chi connectivity index (χ1n) is 10.1. The first-order chi connectivity index (χ1) is 15.3. The molecule has 168 valence electrons. The molecular weight excluding hydrogens is 431 g/mol. The van der Waals surface area contributed by atoms with Gasteiger partial charge in [-0.2, -0.15) is 0 Å². The Kier molecular flexibility index (Phi) is 7.48. The normalized spacial score (nSPS) is 11.1. The molecule has 6 nitrogen and oxygen atoms in total. The van der Waals surface area contributed by atoms with Gasteiger partial charge in [-0.25, -0.2) is 12.8 Å². The number of nitrogens with zero attached hydrogens (tertiary/aromatic N) is 1. The van der Waals surface area contributed by atoms with Gasteiger partial charge in [0, 0.05) is 0 Å². The fourth-order valence-corrected chi connectivity index (χ4v) is 4.48. The van der Waals surface area contributed by atoms with Crippen LogP contribution in [0.1, 0.15) is 11.1 Å². The van der Waals surface area contributed by atoms with Crippen LogP contribution in [0.25, 0.3) is 0 Å². The van der Waals surface area contributed by atoms with Crippen LogP contribution in [0.15, 0.2) is 77.7 Å². The Morgan fingerprint density at radius 1 is 0.969 bits per heavy atom. The van der Waals surface area contributed by atoms with Crippen molar-refractivity contribution in [3.05, 3.63) is 89.7 Å². The molecule has 0 aliphatic heterocycles. The van der Waals surface area contributed by atoms with Crippen molar-refractivity contribution in [3.63, 3.8) is 0 Å². The maximum absolute atomic E-state index is 14.5. The first-order valence-corrected chi connectivity index (χ1v) is 11.5. The summed E-state index contributed by atoms with van der Waals surface area (Å²) in [6.07, 6.45) is 0. The van der Waals surface area contributed by atoms with E-state index in [0.29, 0.717) is 5.75 Å². The summed E-state index contributed by atoms with van der Waals surface area (Å²) in [6, 6.07) is 19.1. The number of nitrogens with one attached hydrogen (secondary N) is 1. The lowest BCUT2D eigenvalue weighted by molar-refractivity contribution is -0.119. The second kappa shape index (κ2) is 10.3. The van der Waals surface area contributed by atoms with Gasteiger partial charge in [0.1, 0.15) is 24.7 Å². The minimum Gasteiger partial charge on any atom is -0.491 e. The fraction of sp³-hybridized carbons (Fsp3) is 0.208. The third-order valence-electron chi connectivity index (χ3n) is 4.79. The van der Waals surface area contributed by atoms with Crippen LogP contribution in [0.3, 0.4) is 0 Å². The Bertz CT molecular complexity index is 1180. The number of carbonyl (C=O) groups is 1. The molecule has 3 aromatic carbocycles. The molecule has 0 aliphatic rings. The number of hydrogen-bond acceptors (Lipinski definition) is 4. The molecule has 0 aliphatic carbocycles. The number of rotatable bonds is 9. The lowest BCUT2D eigenvalue weighted by Gasteiger charge is -2.24. The summed E-state index contributed by atoms with van der Waals surface area (Å²) in [4.78, 5) is 12.5. The van der Waals surface area contributed by atoms with Crippen molar-refractivity contribution in [1.82, 2.24) is 5.32 Å². The molecular formula is C24H25FN2O4S. The summed E-state index contributed by atoms with van der Waals surface area (Å²) in [5, 5.41) is 2.63. The summed E-state index contributed by atoms with van der Waals surface area (Å²) >= 11 is 0. The van der Waals surface area contributed by atoms with Gasteiger partial charge in [0.2, 0.25) is 5.91 Å². The number of carbonyl (C=O) groups excluding carboxylic acids is 1. The number of para-hydroxylation sites is 2.